The van der Waals surface area contributed by atoms with Gasteiger partial charge in [0.1, 0.15) is 5.75 Å². The molecule has 0 amide bonds. The summed E-state index contributed by atoms with van der Waals surface area (Å²) in [5, 5.41) is 3.34. The Bertz CT molecular complexity index is 683. The first-order valence-corrected chi connectivity index (χ1v) is 9.55. The molecule has 3 rings (SSSR count). The predicted octanol–water partition coefficient (Wildman–Crippen LogP) is 1.67. The molecule has 0 aliphatic carbocycles. The van der Waals surface area contributed by atoms with E-state index in [1.807, 2.05) is 0 Å². The zero-order valence-corrected chi connectivity index (χ0v) is 14.7. The lowest BCUT2D eigenvalue weighted by molar-refractivity contribution is 0.251. The maximum Gasteiger partial charge on any atom is 0.344 e. The standard InChI is InChI=1S/C14H20N4O3S.C2H5/c15-14-13-11(17-22(19,20)18-14)2-1-3-12(13)21-9-6-10-4-7-16-8-5-10;1-2/h1-3,10,16-17H,4-9H2,(H2,15,18);1H2,2H3/q;+1. The van der Waals surface area contributed by atoms with Gasteiger partial charge in [0.2, 0.25) is 0 Å². The van der Waals surface area contributed by atoms with E-state index in [1.165, 1.54) is 12.8 Å². The fraction of sp³-hybridized carbons (Fsp3) is 0.500. The molecule has 0 saturated carbocycles. The molecular weight excluding hydrogens is 328 g/mol. The van der Waals surface area contributed by atoms with Crippen LogP contribution in [0.4, 0.5) is 5.69 Å². The van der Waals surface area contributed by atoms with Gasteiger partial charge in [-0.15, -0.1) is 4.40 Å². The van der Waals surface area contributed by atoms with Crippen LogP contribution in [0, 0.1) is 12.8 Å². The van der Waals surface area contributed by atoms with Gasteiger partial charge in [-0.3, -0.25) is 4.72 Å². The first kappa shape index (κ1) is 18.4. The summed E-state index contributed by atoms with van der Waals surface area (Å²) >= 11 is 0. The highest BCUT2D eigenvalue weighted by Gasteiger charge is 2.24. The zero-order valence-electron chi connectivity index (χ0n) is 13.9. The van der Waals surface area contributed by atoms with Crippen LogP contribution in [-0.4, -0.2) is 33.9 Å². The van der Waals surface area contributed by atoms with E-state index in [2.05, 4.69) is 21.4 Å². The van der Waals surface area contributed by atoms with Crippen LogP contribution in [0.25, 0.3) is 0 Å². The number of nitrogens with two attached hydrogens (primary N) is 1. The van der Waals surface area contributed by atoms with Gasteiger partial charge in [-0.2, -0.15) is 8.42 Å². The summed E-state index contributed by atoms with van der Waals surface area (Å²) in [6, 6.07) is 5.16. The van der Waals surface area contributed by atoms with Crippen LogP contribution in [0.3, 0.4) is 0 Å². The monoisotopic (exact) mass is 353 g/mol. The molecule has 1 aromatic rings. The molecule has 2 aliphatic heterocycles. The molecule has 1 fully saturated rings. The van der Waals surface area contributed by atoms with Crippen molar-refractivity contribution in [3.05, 3.63) is 30.7 Å². The van der Waals surface area contributed by atoms with E-state index in [9.17, 15) is 8.42 Å². The van der Waals surface area contributed by atoms with Crippen LogP contribution < -0.4 is 20.5 Å². The minimum absolute atomic E-state index is 0.0359. The lowest BCUT2D eigenvalue weighted by Crippen LogP contribution is -2.29. The predicted molar refractivity (Wildman–Crippen MR) is 96.4 cm³/mol. The minimum Gasteiger partial charge on any atom is -0.493 e. The first-order valence-electron chi connectivity index (χ1n) is 8.11. The summed E-state index contributed by atoms with van der Waals surface area (Å²) in [6.07, 6.45) is 3.31. The number of anilines is 1. The molecule has 8 heteroatoms. The Hall–Kier alpha value is -1.93. The number of nitrogens with zero attached hydrogens (tertiary/aromatic N) is 1. The van der Waals surface area contributed by atoms with Gasteiger partial charge >= 0.3 is 10.2 Å². The van der Waals surface area contributed by atoms with E-state index in [-0.39, 0.29) is 5.84 Å². The molecule has 2 aliphatic rings. The van der Waals surface area contributed by atoms with E-state index in [4.69, 9.17) is 10.5 Å². The number of benzene rings is 1. The smallest absolute Gasteiger partial charge is 0.344 e. The fourth-order valence-electron chi connectivity index (χ4n) is 2.84. The van der Waals surface area contributed by atoms with Gasteiger partial charge in [-0.1, -0.05) is 6.07 Å². The minimum atomic E-state index is -3.75. The van der Waals surface area contributed by atoms with Gasteiger partial charge in [0.25, 0.3) is 0 Å². The molecule has 132 valence electrons. The van der Waals surface area contributed by atoms with Gasteiger partial charge in [0.15, 0.2) is 5.84 Å². The Kier molecular flexibility index (Phi) is 6.33. The molecule has 1 saturated heterocycles. The van der Waals surface area contributed by atoms with Crippen LogP contribution >= 0.6 is 0 Å². The van der Waals surface area contributed by atoms with Gasteiger partial charge in [0.05, 0.1) is 31.7 Å². The van der Waals surface area contributed by atoms with Gasteiger partial charge in [-0.25, -0.2) is 0 Å². The molecule has 24 heavy (non-hydrogen) atoms. The molecule has 4 N–H and O–H groups in total. The van der Waals surface area contributed by atoms with Crippen molar-refractivity contribution in [2.24, 2.45) is 16.0 Å². The van der Waals surface area contributed by atoms with Crippen molar-refractivity contribution in [1.29, 1.82) is 0 Å². The Balaban J connectivity index is 0.00000100. The number of hydrogen-bond acceptors (Lipinski definition) is 5. The molecule has 0 spiro atoms. The third-order valence-corrected chi connectivity index (χ3v) is 4.90. The highest BCUT2D eigenvalue weighted by Crippen LogP contribution is 2.30. The van der Waals surface area contributed by atoms with Crippen LogP contribution in [0.5, 0.6) is 5.75 Å². The molecule has 7 nitrogen and oxygen atoms in total. The molecule has 0 bridgehead atoms. The van der Waals surface area contributed by atoms with Crippen molar-refractivity contribution in [3.8, 4) is 5.75 Å². The highest BCUT2D eigenvalue weighted by atomic mass is 32.2. The Labute approximate surface area is 143 Å². The number of ether oxygens (including phenoxy) is 1. The first-order chi connectivity index (χ1) is 11.6. The van der Waals surface area contributed by atoms with E-state index in [0.29, 0.717) is 29.5 Å². The molecule has 2 heterocycles. The number of hydrogen-bond donors (Lipinski definition) is 3. The number of piperidine rings is 1. The van der Waals surface area contributed by atoms with Crippen molar-refractivity contribution in [3.63, 3.8) is 0 Å². The van der Waals surface area contributed by atoms with Crippen LogP contribution in [0.1, 0.15) is 31.7 Å². The summed E-state index contributed by atoms with van der Waals surface area (Å²) in [4.78, 5) is 0. The molecule has 0 atom stereocenters. The Morgan fingerprint density at radius 3 is 2.75 bits per heavy atom. The van der Waals surface area contributed by atoms with Crippen LogP contribution in [0.2, 0.25) is 0 Å². The van der Waals surface area contributed by atoms with Crippen molar-refractivity contribution < 1.29 is 13.2 Å². The maximum atomic E-state index is 11.5. The van der Waals surface area contributed by atoms with Crippen LogP contribution in [-0.2, 0) is 10.2 Å². The van der Waals surface area contributed by atoms with Crippen LogP contribution in [0.15, 0.2) is 22.6 Å². The van der Waals surface area contributed by atoms with E-state index in [1.54, 1.807) is 25.1 Å². The Morgan fingerprint density at radius 1 is 1.33 bits per heavy atom. The van der Waals surface area contributed by atoms with Gasteiger partial charge < -0.3 is 15.8 Å². The average Bonchev–Trinajstić information content (AvgIpc) is 2.56. The summed E-state index contributed by atoms with van der Waals surface area (Å²) < 4.78 is 34.7. The number of fused-ring (bicyclic) bond motifs is 1. The fourth-order valence-corrected chi connectivity index (χ4v) is 3.69. The number of nitrogens with one attached hydrogen (secondary N) is 2. The third kappa shape index (κ3) is 4.55. The lowest BCUT2D eigenvalue weighted by atomic mass is 9.95. The summed E-state index contributed by atoms with van der Waals surface area (Å²) in [6.45, 7) is 7.71. The SMILES string of the molecule is NC1=NS(=O)(=O)Nc2cccc(OCCC3CCNCC3)c21.[CH2+]C. The van der Waals surface area contributed by atoms with E-state index < -0.39 is 10.2 Å². The second kappa shape index (κ2) is 8.25. The highest BCUT2D eigenvalue weighted by molar-refractivity contribution is 7.91. The zero-order chi connectivity index (χ0) is 17.6. The number of amidine groups is 1. The lowest BCUT2D eigenvalue weighted by Gasteiger charge is -2.23. The van der Waals surface area contributed by atoms with E-state index >= 15 is 0 Å². The normalized spacial score (nSPS) is 19.1. The molecular formula is C16H25N4O3S+. The maximum absolute atomic E-state index is 11.5. The Morgan fingerprint density at radius 2 is 2.04 bits per heavy atom. The average molecular weight is 353 g/mol. The van der Waals surface area contributed by atoms with Gasteiger partial charge in [0, 0.05) is 0 Å². The molecule has 0 aromatic heterocycles. The van der Waals surface area contributed by atoms with Crippen molar-refractivity contribution >= 4 is 21.7 Å². The largest absolute Gasteiger partial charge is 0.493 e. The van der Waals surface area contributed by atoms with Crippen molar-refractivity contribution in [2.75, 3.05) is 24.4 Å². The second-order valence-corrected chi connectivity index (χ2v) is 6.90. The summed E-state index contributed by atoms with van der Waals surface area (Å²) in [7, 11) is -3.75. The molecule has 1 aromatic carbocycles. The molecule has 0 radical (unpaired) electrons. The quantitative estimate of drug-likeness (QED) is 0.714. The van der Waals surface area contributed by atoms with Crippen molar-refractivity contribution in [2.45, 2.75) is 26.2 Å². The second-order valence-electron chi connectivity index (χ2n) is 5.56. The third-order valence-electron chi connectivity index (χ3n) is 3.98. The topological polar surface area (TPSA) is 106 Å². The summed E-state index contributed by atoms with van der Waals surface area (Å²) in [5.41, 5.74) is 6.71. The van der Waals surface area contributed by atoms with E-state index in [0.717, 1.165) is 19.5 Å². The van der Waals surface area contributed by atoms with Gasteiger partial charge in [-0.05, 0) is 50.4 Å². The van der Waals surface area contributed by atoms with Crippen molar-refractivity contribution in [1.82, 2.24) is 5.32 Å². The summed E-state index contributed by atoms with van der Waals surface area (Å²) in [5.74, 6) is 1.20. The molecule has 0 unspecified atom stereocenters. The number of rotatable bonds is 4.